The van der Waals surface area contributed by atoms with Crippen molar-refractivity contribution in [2.24, 2.45) is 0 Å². The second kappa shape index (κ2) is 7.41. The van der Waals surface area contributed by atoms with E-state index in [2.05, 4.69) is 45.0 Å². The summed E-state index contributed by atoms with van der Waals surface area (Å²) in [5, 5.41) is 0.397. The zero-order valence-corrected chi connectivity index (χ0v) is 14.3. The average molecular weight is 374 g/mol. The first kappa shape index (κ1) is 15.8. The van der Waals surface area contributed by atoms with Gasteiger partial charge in [0.2, 0.25) is 0 Å². The first-order chi connectivity index (χ1) is 9.65. The highest BCUT2D eigenvalue weighted by atomic mass is 79.9. The normalized spacial score (nSPS) is 10.8. The van der Waals surface area contributed by atoms with Crippen molar-refractivity contribution in [3.8, 4) is 11.4 Å². The second-order valence-electron chi connectivity index (χ2n) is 3.99. The minimum atomic E-state index is 0.388. The molecule has 106 valence electrons. The van der Waals surface area contributed by atoms with Gasteiger partial charge in [0, 0.05) is 17.6 Å². The van der Waals surface area contributed by atoms with Gasteiger partial charge < -0.3 is 4.74 Å². The van der Waals surface area contributed by atoms with Gasteiger partial charge in [-0.05, 0) is 33.8 Å². The van der Waals surface area contributed by atoms with E-state index in [1.165, 1.54) is 4.90 Å². The standard InChI is InChI=1S/C14H14BrClN2OS/c1-3-20-10-6-4-9(5-7-10)14-17-11(8-19-2)12(15)13(16)18-14/h4-7H,3,8H2,1-2H3. The van der Waals surface area contributed by atoms with Gasteiger partial charge in [-0.15, -0.1) is 11.8 Å². The summed E-state index contributed by atoms with van der Waals surface area (Å²) in [7, 11) is 1.62. The number of nitrogens with zero attached hydrogens (tertiary/aromatic N) is 2. The van der Waals surface area contributed by atoms with E-state index in [1.807, 2.05) is 12.1 Å². The average Bonchev–Trinajstić information content (AvgIpc) is 2.45. The molecule has 0 aliphatic heterocycles. The Bertz CT molecular complexity index is 592. The molecule has 0 radical (unpaired) electrons. The molecule has 0 aliphatic carbocycles. The zero-order chi connectivity index (χ0) is 14.5. The largest absolute Gasteiger partial charge is 0.378 e. The number of halogens is 2. The van der Waals surface area contributed by atoms with E-state index in [1.54, 1.807) is 18.9 Å². The van der Waals surface area contributed by atoms with Crippen molar-refractivity contribution in [1.82, 2.24) is 9.97 Å². The Morgan fingerprint density at radius 2 is 1.95 bits per heavy atom. The molecule has 0 unspecified atom stereocenters. The maximum Gasteiger partial charge on any atom is 0.161 e. The minimum absolute atomic E-state index is 0.388. The highest BCUT2D eigenvalue weighted by Crippen LogP contribution is 2.28. The number of ether oxygens (including phenoxy) is 1. The van der Waals surface area contributed by atoms with Crippen LogP contribution in [-0.2, 0) is 11.3 Å². The number of benzene rings is 1. The molecule has 0 aliphatic rings. The zero-order valence-electron chi connectivity index (χ0n) is 11.2. The van der Waals surface area contributed by atoms with Gasteiger partial charge in [0.25, 0.3) is 0 Å². The Kier molecular flexibility index (Phi) is 5.84. The van der Waals surface area contributed by atoms with Crippen LogP contribution in [0.25, 0.3) is 11.4 Å². The summed E-state index contributed by atoms with van der Waals surface area (Å²) < 4.78 is 5.81. The maximum absolute atomic E-state index is 6.13. The maximum atomic E-state index is 6.13. The van der Waals surface area contributed by atoms with Gasteiger partial charge in [0.05, 0.1) is 16.8 Å². The van der Waals surface area contributed by atoms with Crippen molar-refractivity contribution >= 4 is 39.3 Å². The Balaban J connectivity index is 2.36. The third kappa shape index (κ3) is 3.73. The third-order valence-corrected chi connectivity index (χ3v) is 4.81. The molecule has 0 saturated carbocycles. The lowest BCUT2D eigenvalue weighted by Gasteiger charge is -2.08. The van der Waals surface area contributed by atoms with Gasteiger partial charge in [0.15, 0.2) is 5.82 Å². The molecule has 2 aromatic rings. The molecule has 0 fully saturated rings. The monoisotopic (exact) mass is 372 g/mol. The van der Waals surface area contributed by atoms with Crippen LogP contribution in [-0.4, -0.2) is 22.8 Å². The molecule has 2 rings (SSSR count). The van der Waals surface area contributed by atoms with Gasteiger partial charge in [-0.1, -0.05) is 30.7 Å². The molecule has 6 heteroatoms. The highest BCUT2D eigenvalue weighted by molar-refractivity contribution is 9.10. The van der Waals surface area contributed by atoms with Gasteiger partial charge in [-0.25, -0.2) is 9.97 Å². The van der Waals surface area contributed by atoms with Crippen LogP contribution in [0.15, 0.2) is 33.6 Å². The molecular weight excluding hydrogens is 360 g/mol. The number of rotatable bonds is 5. The first-order valence-electron chi connectivity index (χ1n) is 6.09. The van der Waals surface area contributed by atoms with Gasteiger partial charge in [-0.3, -0.25) is 0 Å². The van der Waals surface area contributed by atoms with Crippen LogP contribution >= 0.6 is 39.3 Å². The lowest BCUT2D eigenvalue weighted by Crippen LogP contribution is -2.00. The van der Waals surface area contributed by atoms with Crippen LogP contribution in [0.1, 0.15) is 12.6 Å². The minimum Gasteiger partial charge on any atom is -0.378 e. The van der Waals surface area contributed by atoms with E-state index in [0.717, 1.165) is 17.0 Å². The van der Waals surface area contributed by atoms with Crippen LogP contribution in [0.2, 0.25) is 5.15 Å². The predicted molar refractivity (Wildman–Crippen MR) is 87.3 cm³/mol. The molecule has 1 heterocycles. The van der Waals surface area contributed by atoms with E-state index in [-0.39, 0.29) is 0 Å². The van der Waals surface area contributed by atoms with Crippen LogP contribution < -0.4 is 0 Å². The molecule has 0 spiro atoms. The molecule has 0 bridgehead atoms. The fourth-order valence-electron chi connectivity index (χ4n) is 1.69. The summed E-state index contributed by atoms with van der Waals surface area (Å²) in [6.07, 6.45) is 0. The van der Waals surface area contributed by atoms with Gasteiger partial charge in [-0.2, -0.15) is 0 Å². The van der Waals surface area contributed by atoms with Crippen molar-refractivity contribution in [3.05, 3.63) is 39.6 Å². The van der Waals surface area contributed by atoms with E-state index < -0.39 is 0 Å². The number of hydrogen-bond donors (Lipinski definition) is 0. The molecule has 0 atom stereocenters. The molecule has 0 N–H and O–H groups in total. The number of aromatic nitrogens is 2. The topological polar surface area (TPSA) is 35.0 Å². The van der Waals surface area contributed by atoms with Crippen molar-refractivity contribution in [1.29, 1.82) is 0 Å². The summed E-state index contributed by atoms with van der Waals surface area (Å²) in [5.41, 5.74) is 1.69. The summed E-state index contributed by atoms with van der Waals surface area (Å²) in [6.45, 7) is 2.52. The van der Waals surface area contributed by atoms with Crippen molar-refractivity contribution in [2.45, 2.75) is 18.4 Å². The molecule has 3 nitrogen and oxygen atoms in total. The fourth-order valence-corrected chi connectivity index (χ4v) is 2.83. The quantitative estimate of drug-likeness (QED) is 0.556. The van der Waals surface area contributed by atoms with Gasteiger partial charge >= 0.3 is 0 Å². The number of methoxy groups -OCH3 is 1. The van der Waals surface area contributed by atoms with E-state index >= 15 is 0 Å². The van der Waals surface area contributed by atoms with Crippen LogP contribution in [0.3, 0.4) is 0 Å². The summed E-state index contributed by atoms with van der Waals surface area (Å²) in [4.78, 5) is 10.0. The molecular formula is C14H14BrClN2OS. The first-order valence-corrected chi connectivity index (χ1v) is 8.25. The summed E-state index contributed by atoms with van der Waals surface area (Å²) in [5.74, 6) is 1.66. The number of thioether (sulfide) groups is 1. The van der Waals surface area contributed by atoms with Crippen LogP contribution in [0.4, 0.5) is 0 Å². The molecule has 1 aromatic carbocycles. The lowest BCUT2D eigenvalue weighted by molar-refractivity contribution is 0.181. The fraction of sp³-hybridized carbons (Fsp3) is 0.286. The van der Waals surface area contributed by atoms with Gasteiger partial charge in [0.1, 0.15) is 5.15 Å². The number of hydrogen-bond acceptors (Lipinski definition) is 4. The van der Waals surface area contributed by atoms with Crippen LogP contribution in [0.5, 0.6) is 0 Å². The van der Waals surface area contributed by atoms with Crippen molar-refractivity contribution in [3.63, 3.8) is 0 Å². The third-order valence-electron chi connectivity index (χ3n) is 2.58. The summed E-state index contributed by atoms with van der Waals surface area (Å²) in [6, 6.07) is 8.15. The van der Waals surface area contributed by atoms with E-state index in [0.29, 0.717) is 22.1 Å². The molecule has 20 heavy (non-hydrogen) atoms. The SMILES string of the molecule is CCSc1ccc(-c2nc(Cl)c(Br)c(COC)n2)cc1. The summed E-state index contributed by atoms with van der Waals surface area (Å²) >= 11 is 11.3. The Labute approximate surface area is 136 Å². The van der Waals surface area contributed by atoms with Crippen molar-refractivity contribution < 1.29 is 4.74 Å². The smallest absolute Gasteiger partial charge is 0.161 e. The second-order valence-corrected chi connectivity index (χ2v) is 6.48. The molecule has 0 amide bonds. The Morgan fingerprint density at radius 3 is 2.55 bits per heavy atom. The predicted octanol–water partition coefficient (Wildman–Crippen LogP) is 4.82. The Morgan fingerprint density at radius 1 is 1.25 bits per heavy atom. The Hall–Kier alpha value is -0.620. The molecule has 1 aromatic heterocycles. The van der Waals surface area contributed by atoms with E-state index in [4.69, 9.17) is 16.3 Å². The lowest BCUT2D eigenvalue weighted by atomic mass is 10.2. The highest BCUT2D eigenvalue weighted by Gasteiger charge is 2.12. The van der Waals surface area contributed by atoms with E-state index in [9.17, 15) is 0 Å². The van der Waals surface area contributed by atoms with Crippen molar-refractivity contribution in [2.75, 3.05) is 12.9 Å². The van der Waals surface area contributed by atoms with Crippen LogP contribution in [0, 0.1) is 0 Å². The molecule has 0 saturated heterocycles.